The van der Waals surface area contributed by atoms with Crippen LogP contribution in [0.2, 0.25) is 5.02 Å². The monoisotopic (exact) mass is 296 g/mol. The molecule has 0 spiro atoms. The number of hydrogen-bond donors (Lipinski definition) is 2. The average molecular weight is 297 g/mol. The molecule has 0 bridgehead atoms. The molecule has 2 N–H and O–H groups in total. The first kappa shape index (κ1) is 14.2. The summed E-state index contributed by atoms with van der Waals surface area (Å²) in [6, 6.07) is 3.15. The second kappa shape index (κ2) is 5.42. The van der Waals surface area contributed by atoms with Crippen molar-refractivity contribution in [2.75, 3.05) is 14.2 Å². The summed E-state index contributed by atoms with van der Waals surface area (Å²) in [6.45, 7) is 1.80. The van der Waals surface area contributed by atoms with Gasteiger partial charge in [-0.25, -0.2) is 4.79 Å². The molecular formula is C13H13ClN2O4. The number of halogens is 1. The lowest BCUT2D eigenvalue weighted by atomic mass is 10.0. The molecule has 0 fully saturated rings. The lowest BCUT2D eigenvalue weighted by molar-refractivity contribution is 0.0690. The zero-order valence-electron chi connectivity index (χ0n) is 11.2. The minimum atomic E-state index is -1.08. The van der Waals surface area contributed by atoms with Crippen LogP contribution in [0.5, 0.6) is 11.5 Å². The molecule has 0 aliphatic carbocycles. The number of nitrogens with zero attached hydrogens (tertiary/aromatic N) is 1. The van der Waals surface area contributed by atoms with Crippen molar-refractivity contribution in [3.8, 4) is 22.8 Å². The van der Waals surface area contributed by atoms with Gasteiger partial charge in [0.2, 0.25) is 0 Å². The van der Waals surface area contributed by atoms with Gasteiger partial charge < -0.3 is 14.6 Å². The van der Waals surface area contributed by atoms with Crippen LogP contribution >= 0.6 is 11.6 Å². The van der Waals surface area contributed by atoms with Crippen LogP contribution in [0.3, 0.4) is 0 Å². The maximum absolute atomic E-state index is 10.9. The van der Waals surface area contributed by atoms with Crippen LogP contribution in [0.15, 0.2) is 12.1 Å². The lowest BCUT2D eigenvalue weighted by Gasteiger charge is -2.14. The number of rotatable bonds is 4. The number of aromatic nitrogens is 2. The van der Waals surface area contributed by atoms with E-state index in [0.29, 0.717) is 27.8 Å². The van der Waals surface area contributed by atoms with Gasteiger partial charge in [-0.05, 0) is 24.6 Å². The van der Waals surface area contributed by atoms with Gasteiger partial charge >= 0.3 is 5.97 Å². The van der Waals surface area contributed by atoms with E-state index in [2.05, 4.69) is 10.2 Å². The molecule has 1 heterocycles. The molecule has 0 radical (unpaired) electrons. The van der Waals surface area contributed by atoms with E-state index in [9.17, 15) is 4.79 Å². The van der Waals surface area contributed by atoms with Gasteiger partial charge in [0, 0.05) is 5.56 Å². The Morgan fingerprint density at radius 3 is 2.55 bits per heavy atom. The number of carboxylic acids is 1. The second-order valence-electron chi connectivity index (χ2n) is 4.07. The van der Waals surface area contributed by atoms with Gasteiger partial charge in [0.1, 0.15) is 5.69 Å². The van der Waals surface area contributed by atoms with E-state index in [1.807, 2.05) is 0 Å². The number of hydrogen-bond acceptors (Lipinski definition) is 4. The molecule has 7 heteroatoms. The Kier molecular flexibility index (Phi) is 3.85. The SMILES string of the molecule is COc1cc(-c2cc(C(=O)O)[nH]n2)c(C)c(Cl)c1OC. The summed E-state index contributed by atoms with van der Waals surface area (Å²) in [7, 11) is 3.00. The first-order valence-corrected chi connectivity index (χ1v) is 6.07. The van der Waals surface area contributed by atoms with Crippen LogP contribution in [-0.2, 0) is 0 Å². The highest BCUT2D eigenvalue weighted by Crippen LogP contribution is 2.42. The summed E-state index contributed by atoms with van der Waals surface area (Å²) in [5, 5.41) is 15.7. The average Bonchev–Trinajstić information content (AvgIpc) is 2.91. The Morgan fingerprint density at radius 2 is 2.05 bits per heavy atom. The van der Waals surface area contributed by atoms with Crippen molar-refractivity contribution in [3.05, 3.63) is 28.4 Å². The quantitative estimate of drug-likeness (QED) is 0.906. The molecule has 0 unspecified atom stereocenters. The molecule has 0 saturated carbocycles. The second-order valence-corrected chi connectivity index (χ2v) is 4.45. The third-order valence-electron chi connectivity index (χ3n) is 2.94. The number of carbonyl (C=O) groups is 1. The van der Waals surface area contributed by atoms with Crippen molar-refractivity contribution < 1.29 is 19.4 Å². The molecule has 0 atom stereocenters. The van der Waals surface area contributed by atoms with Crippen LogP contribution in [0, 0.1) is 6.92 Å². The Bertz CT molecular complexity index is 667. The van der Waals surface area contributed by atoms with E-state index in [1.165, 1.54) is 20.3 Å². The van der Waals surface area contributed by atoms with E-state index < -0.39 is 5.97 Å². The van der Waals surface area contributed by atoms with Crippen LogP contribution in [-0.4, -0.2) is 35.5 Å². The third kappa shape index (κ3) is 2.30. The van der Waals surface area contributed by atoms with E-state index in [4.69, 9.17) is 26.2 Å². The van der Waals surface area contributed by atoms with Crippen molar-refractivity contribution in [3.63, 3.8) is 0 Å². The molecule has 6 nitrogen and oxygen atoms in total. The topological polar surface area (TPSA) is 84.4 Å². The summed E-state index contributed by atoms with van der Waals surface area (Å²) < 4.78 is 10.4. The van der Waals surface area contributed by atoms with Crippen molar-refractivity contribution in [1.82, 2.24) is 10.2 Å². The third-order valence-corrected chi connectivity index (χ3v) is 3.40. The molecule has 1 aromatic carbocycles. The normalized spacial score (nSPS) is 10.4. The standard InChI is InChI=1S/C13H13ClN2O4/c1-6-7(8-5-9(13(17)18)16-15-8)4-10(19-2)12(20-3)11(6)14/h4-5H,1-3H3,(H,15,16)(H,17,18). The van der Waals surface area contributed by atoms with E-state index >= 15 is 0 Å². The molecule has 20 heavy (non-hydrogen) atoms. The Hall–Kier alpha value is -2.21. The number of H-pyrrole nitrogens is 1. The van der Waals surface area contributed by atoms with Crippen molar-refractivity contribution in [2.45, 2.75) is 6.92 Å². The van der Waals surface area contributed by atoms with E-state index in [1.54, 1.807) is 13.0 Å². The van der Waals surface area contributed by atoms with Crippen LogP contribution in [0.25, 0.3) is 11.3 Å². The van der Waals surface area contributed by atoms with Crippen molar-refractivity contribution in [1.29, 1.82) is 0 Å². The summed E-state index contributed by atoms with van der Waals surface area (Å²) in [5.74, 6) is -0.185. The van der Waals surface area contributed by atoms with Crippen molar-refractivity contribution in [2.24, 2.45) is 0 Å². The molecule has 0 saturated heterocycles. The van der Waals surface area contributed by atoms with Gasteiger partial charge in [0.05, 0.1) is 24.9 Å². The number of benzene rings is 1. The van der Waals surface area contributed by atoms with Gasteiger partial charge in [-0.3, -0.25) is 5.10 Å². The van der Waals surface area contributed by atoms with E-state index in [-0.39, 0.29) is 5.69 Å². The van der Waals surface area contributed by atoms with Crippen LogP contribution < -0.4 is 9.47 Å². The fourth-order valence-electron chi connectivity index (χ4n) is 1.88. The first-order chi connectivity index (χ1) is 9.49. The zero-order chi connectivity index (χ0) is 14.9. The zero-order valence-corrected chi connectivity index (χ0v) is 11.9. The highest BCUT2D eigenvalue weighted by atomic mass is 35.5. The summed E-state index contributed by atoms with van der Waals surface area (Å²) >= 11 is 6.24. The molecule has 1 aromatic heterocycles. The molecule has 0 amide bonds. The fourth-order valence-corrected chi connectivity index (χ4v) is 2.15. The minimum Gasteiger partial charge on any atom is -0.493 e. The summed E-state index contributed by atoms with van der Waals surface area (Å²) in [5.41, 5.74) is 1.89. The number of methoxy groups -OCH3 is 2. The number of aromatic amines is 1. The summed E-state index contributed by atoms with van der Waals surface area (Å²) in [4.78, 5) is 10.9. The van der Waals surface area contributed by atoms with Gasteiger partial charge in [0.25, 0.3) is 0 Å². The predicted molar refractivity (Wildman–Crippen MR) is 73.8 cm³/mol. The number of ether oxygens (including phenoxy) is 2. The van der Waals surface area contributed by atoms with Gasteiger partial charge in [0.15, 0.2) is 11.5 Å². The lowest BCUT2D eigenvalue weighted by Crippen LogP contribution is -1.95. The maximum atomic E-state index is 10.9. The Morgan fingerprint density at radius 1 is 1.35 bits per heavy atom. The summed E-state index contributed by atoms with van der Waals surface area (Å²) in [6.07, 6.45) is 0. The smallest absolute Gasteiger partial charge is 0.353 e. The van der Waals surface area contributed by atoms with Crippen LogP contribution in [0.4, 0.5) is 0 Å². The molecule has 2 aromatic rings. The van der Waals surface area contributed by atoms with Crippen LogP contribution in [0.1, 0.15) is 16.1 Å². The molecule has 2 rings (SSSR count). The molecule has 0 aliphatic heterocycles. The Labute approximate surface area is 120 Å². The fraction of sp³-hybridized carbons (Fsp3) is 0.231. The predicted octanol–water partition coefficient (Wildman–Crippen LogP) is 2.75. The van der Waals surface area contributed by atoms with Gasteiger partial charge in [-0.15, -0.1) is 0 Å². The van der Waals surface area contributed by atoms with E-state index in [0.717, 1.165) is 5.56 Å². The van der Waals surface area contributed by atoms with Crippen molar-refractivity contribution >= 4 is 17.6 Å². The minimum absolute atomic E-state index is 0.00491. The maximum Gasteiger partial charge on any atom is 0.353 e. The molecule has 106 valence electrons. The number of aromatic carboxylic acids is 1. The van der Waals surface area contributed by atoms with Gasteiger partial charge in [-0.2, -0.15) is 5.10 Å². The largest absolute Gasteiger partial charge is 0.493 e. The molecule has 0 aliphatic rings. The van der Waals surface area contributed by atoms with Gasteiger partial charge in [-0.1, -0.05) is 11.6 Å². The molecular weight excluding hydrogens is 284 g/mol. The Balaban J connectivity index is 2.61. The highest BCUT2D eigenvalue weighted by Gasteiger charge is 2.19. The number of carboxylic acid groups (broad SMARTS) is 1. The first-order valence-electron chi connectivity index (χ1n) is 5.69. The number of nitrogens with one attached hydrogen (secondary N) is 1. The highest BCUT2D eigenvalue weighted by molar-refractivity contribution is 6.33.